The molecule has 6 heteroatoms. The molecule has 1 saturated heterocycles. The van der Waals surface area contributed by atoms with Crippen LogP contribution in [0.4, 0.5) is 0 Å². The summed E-state index contributed by atoms with van der Waals surface area (Å²) >= 11 is 6.00. The fraction of sp³-hybridized carbons (Fsp3) is 0.421. The first-order chi connectivity index (χ1) is 12.1. The molecule has 0 radical (unpaired) electrons. The standard InChI is InChI=1S/C19H21ClN4O/c1-12-17(13(2)25-23-12)11-24-7-5-14(6-8-24)18-4-3-15-9-16(20)10-21-19(15)22-18/h3-4,9-10,14H,5-8,11H2,1-2H3. The molecule has 1 aliphatic rings. The molecule has 1 fully saturated rings. The van der Waals surface area contributed by atoms with Crippen LogP contribution in [0.1, 0.15) is 41.5 Å². The lowest BCUT2D eigenvalue weighted by Gasteiger charge is -2.31. The van der Waals surface area contributed by atoms with Crippen molar-refractivity contribution in [2.24, 2.45) is 0 Å². The lowest BCUT2D eigenvalue weighted by molar-refractivity contribution is 0.202. The molecular weight excluding hydrogens is 336 g/mol. The Morgan fingerprint density at radius 1 is 1.24 bits per heavy atom. The second-order valence-corrected chi connectivity index (χ2v) is 7.23. The predicted molar refractivity (Wildman–Crippen MR) is 97.8 cm³/mol. The summed E-state index contributed by atoms with van der Waals surface area (Å²) in [5, 5.41) is 5.69. The van der Waals surface area contributed by atoms with E-state index in [0.29, 0.717) is 10.9 Å². The van der Waals surface area contributed by atoms with E-state index >= 15 is 0 Å². The van der Waals surface area contributed by atoms with Gasteiger partial charge in [0.2, 0.25) is 0 Å². The van der Waals surface area contributed by atoms with Gasteiger partial charge in [-0.05, 0) is 58.0 Å². The van der Waals surface area contributed by atoms with E-state index in [0.717, 1.165) is 60.7 Å². The first-order valence-corrected chi connectivity index (χ1v) is 9.04. The second-order valence-electron chi connectivity index (χ2n) is 6.79. The van der Waals surface area contributed by atoms with Crippen LogP contribution >= 0.6 is 11.6 Å². The third-order valence-corrected chi connectivity index (χ3v) is 5.31. The van der Waals surface area contributed by atoms with Crippen molar-refractivity contribution >= 4 is 22.6 Å². The molecule has 0 amide bonds. The molecule has 0 aliphatic carbocycles. The van der Waals surface area contributed by atoms with Crippen molar-refractivity contribution in [3.05, 3.63) is 52.1 Å². The lowest BCUT2D eigenvalue weighted by Crippen LogP contribution is -2.33. The van der Waals surface area contributed by atoms with E-state index < -0.39 is 0 Å². The third-order valence-electron chi connectivity index (χ3n) is 5.10. The molecule has 1 aliphatic heterocycles. The summed E-state index contributed by atoms with van der Waals surface area (Å²) in [7, 11) is 0. The average Bonchev–Trinajstić information content (AvgIpc) is 2.94. The van der Waals surface area contributed by atoms with Gasteiger partial charge in [0.05, 0.1) is 10.7 Å². The molecule has 0 N–H and O–H groups in total. The van der Waals surface area contributed by atoms with E-state index in [1.807, 2.05) is 19.9 Å². The fourth-order valence-electron chi connectivity index (χ4n) is 3.56. The highest BCUT2D eigenvalue weighted by Crippen LogP contribution is 2.29. The Morgan fingerprint density at radius 2 is 2.04 bits per heavy atom. The van der Waals surface area contributed by atoms with Crippen molar-refractivity contribution in [3.63, 3.8) is 0 Å². The van der Waals surface area contributed by atoms with Gasteiger partial charge in [-0.15, -0.1) is 0 Å². The maximum atomic E-state index is 6.00. The third kappa shape index (κ3) is 3.39. The molecular formula is C19H21ClN4O. The average molecular weight is 357 g/mol. The molecule has 4 heterocycles. The van der Waals surface area contributed by atoms with Crippen LogP contribution in [0.15, 0.2) is 28.9 Å². The molecule has 0 unspecified atom stereocenters. The maximum Gasteiger partial charge on any atom is 0.159 e. The monoisotopic (exact) mass is 356 g/mol. The number of hydrogen-bond acceptors (Lipinski definition) is 5. The molecule has 3 aromatic rings. The summed E-state index contributed by atoms with van der Waals surface area (Å²) in [6.07, 6.45) is 3.87. The van der Waals surface area contributed by atoms with Crippen LogP contribution in [0.5, 0.6) is 0 Å². The molecule has 0 bridgehead atoms. The topological polar surface area (TPSA) is 55.1 Å². The second kappa shape index (κ2) is 6.73. The highest BCUT2D eigenvalue weighted by Gasteiger charge is 2.23. The lowest BCUT2D eigenvalue weighted by atomic mass is 9.92. The SMILES string of the molecule is Cc1noc(C)c1CN1CCC(c2ccc3cc(Cl)cnc3n2)CC1. The number of piperidine rings is 1. The van der Waals surface area contributed by atoms with E-state index in [2.05, 4.69) is 27.2 Å². The van der Waals surface area contributed by atoms with Crippen molar-refractivity contribution < 1.29 is 4.52 Å². The van der Waals surface area contributed by atoms with Crippen LogP contribution < -0.4 is 0 Å². The Bertz CT molecular complexity index is 880. The number of fused-ring (bicyclic) bond motifs is 1. The van der Waals surface area contributed by atoms with E-state index in [-0.39, 0.29) is 0 Å². The Kier molecular flexibility index (Phi) is 4.44. The van der Waals surface area contributed by atoms with E-state index in [9.17, 15) is 0 Å². The summed E-state index contributed by atoms with van der Waals surface area (Å²) in [6.45, 7) is 7.03. The zero-order chi connectivity index (χ0) is 17.4. The minimum atomic E-state index is 0.489. The minimum absolute atomic E-state index is 0.489. The van der Waals surface area contributed by atoms with Crippen molar-refractivity contribution in [3.8, 4) is 0 Å². The molecule has 0 spiro atoms. The van der Waals surface area contributed by atoms with Gasteiger partial charge in [-0.2, -0.15) is 0 Å². The van der Waals surface area contributed by atoms with E-state index in [1.54, 1.807) is 6.20 Å². The zero-order valence-corrected chi connectivity index (χ0v) is 15.3. The van der Waals surface area contributed by atoms with Gasteiger partial charge < -0.3 is 4.52 Å². The number of pyridine rings is 2. The van der Waals surface area contributed by atoms with Gasteiger partial charge >= 0.3 is 0 Å². The van der Waals surface area contributed by atoms with Crippen molar-refractivity contribution in [2.75, 3.05) is 13.1 Å². The number of nitrogens with zero attached hydrogens (tertiary/aromatic N) is 4. The number of rotatable bonds is 3. The van der Waals surface area contributed by atoms with Gasteiger partial charge in [-0.3, -0.25) is 4.90 Å². The quantitative estimate of drug-likeness (QED) is 0.701. The van der Waals surface area contributed by atoms with Crippen LogP contribution in [-0.2, 0) is 6.54 Å². The normalized spacial score (nSPS) is 16.6. The molecule has 0 saturated carbocycles. The predicted octanol–water partition coefficient (Wildman–Crippen LogP) is 4.27. The first kappa shape index (κ1) is 16.5. The molecule has 4 rings (SSSR count). The van der Waals surface area contributed by atoms with Crippen molar-refractivity contribution in [1.29, 1.82) is 0 Å². The number of likely N-dealkylation sites (tertiary alicyclic amines) is 1. The van der Waals surface area contributed by atoms with Crippen molar-refractivity contribution in [1.82, 2.24) is 20.0 Å². The van der Waals surface area contributed by atoms with Crippen LogP contribution in [0, 0.1) is 13.8 Å². The number of aromatic nitrogens is 3. The highest BCUT2D eigenvalue weighted by atomic mass is 35.5. The van der Waals surface area contributed by atoms with E-state index in [1.165, 1.54) is 5.56 Å². The fourth-order valence-corrected chi connectivity index (χ4v) is 3.73. The van der Waals surface area contributed by atoms with Gasteiger partial charge in [0.25, 0.3) is 0 Å². The van der Waals surface area contributed by atoms with Crippen LogP contribution in [-0.4, -0.2) is 33.1 Å². The minimum Gasteiger partial charge on any atom is -0.361 e. The largest absolute Gasteiger partial charge is 0.361 e. The van der Waals surface area contributed by atoms with E-state index in [4.69, 9.17) is 21.1 Å². The Morgan fingerprint density at radius 3 is 2.76 bits per heavy atom. The van der Waals surface area contributed by atoms with Crippen LogP contribution in [0.25, 0.3) is 11.0 Å². The molecule has 5 nitrogen and oxygen atoms in total. The number of hydrogen-bond donors (Lipinski definition) is 0. The molecule has 3 aromatic heterocycles. The molecule has 0 atom stereocenters. The Labute approximate surface area is 152 Å². The maximum absolute atomic E-state index is 6.00. The molecule has 25 heavy (non-hydrogen) atoms. The van der Waals surface area contributed by atoms with Crippen LogP contribution in [0.3, 0.4) is 0 Å². The van der Waals surface area contributed by atoms with Gasteiger partial charge in [0.15, 0.2) is 5.65 Å². The highest BCUT2D eigenvalue weighted by molar-refractivity contribution is 6.31. The first-order valence-electron chi connectivity index (χ1n) is 8.66. The summed E-state index contributed by atoms with van der Waals surface area (Å²) < 4.78 is 5.27. The zero-order valence-electron chi connectivity index (χ0n) is 14.5. The number of halogens is 1. The Balaban J connectivity index is 1.44. The molecule has 130 valence electrons. The Hall–Kier alpha value is -1.98. The van der Waals surface area contributed by atoms with Gasteiger partial charge in [0.1, 0.15) is 5.76 Å². The summed E-state index contributed by atoms with van der Waals surface area (Å²) in [4.78, 5) is 11.6. The summed E-state index contributed by atoms with van der Waals surface area (Å²) in [5.74, 6) is 1.42. The van der Waals surface area contributed by atoms with Crippen LogP contribution in [0.2, 0.25) is 5.02 Å². The smallest absolute Gasteiger partial charge is 0.159 e. The number of aryl methyl sites for hydroxylation is 2. The van der Waals surface area contributed by atoms with Crippen molar-refractivity contribution in [2.45, 2.75) is 39.2 Å². The summed E-state index contributed by atoms with van der Waals surface area (Å²) in [5.41, 5.74) is 4.14. The van der Waals surface area contributed by atoms with Gasteiger partial charge in [0, 0.05) is 35.3 Å². The molecule has 0 aromatic carbocycles. The van der Waals surface area contributed by atoms with Gasteiger partial charge in [-0.25, -0.2) is 9.97 Å². The van der Waals surface area contributed by atoms with Gasteiger partial charge in [-0.1, -0.05) is 16.8 Å². The summed E-state index contributed by atoms with van der Waals surface area (Å²) in [6, 6.07) is 6.11.